The minimum absolute atomic E-state index is 0.0473. The summed E-state index contributed by atoms with van der Waals surface area (Å²) in [5.41, 5.74) is 2.41. The second kappa shape index (κ2) is 6.66. The van der Waals surface area contributed by atoms with Gasteiger partial charge in [-0.3, -0.25) is 4.79 Å². The molecule has 0 radical (unpaired) electrons. The van der Waals surface area contributed by atoms with E-state index in [2.05, 4.69) is 22.1 Å². The molecule has 1 atom stereocenters. The van der Waals surface area contributed by atoms with Gasteiger partial charge in [0.15, 0.2) is 0 Å². The zero-order valence-corrected chi connectivity index (χ0v) is 12.6. The summed E-state index contributed by atoms with van der Waals surface area (Å²) in [5, 5.41) is 0. The highest BCUT2D eigenvalue weighted by atomic mass is 16.5. The normalized spacial score (nSPS) is 18.8. The number of aromatic nitrogens is 2. The van der Waals surface area contributed by atoms with Gasteiger partial charge in [-0.05, 0) is 25.0 Å². The van der Waals surface area contributed by atoms with Gasteiger partial charge in [0.25, 0.3) is 5.91 Å². The fraction of sp³-hybridized carbons (Fsp3) is 0.353. The molecule has 114 valence electrons. The quantitative estimate of drug-likeness (QED) is 0.854. The molecule has 1 aliphatic heterocycles. The van der Waals surface area contributed by atoms with Crippen molar-refractivity contribution in [3.63, 3.8) is 0 Å². The zero-order chi connectivity index (χ0) is 15.4. The number of carbonyl (C=O) groups is 1. The summed E-state index contributed by atoms with van der Waals surface area (Å²) in [6, 6.07) is 11.9. The van der Waals surface area contributed by atoms with Crippen molar-refractivity contribution in [1.29, 1.82) is 0 Å². The van der Waals surface area contributed by atoms with Gasteiger partial charge in [0.05, 0.1) is 12.7 Å². The molecule has 0 aliphatic carbocycles. The molecule has 0 spiro atoms. The maximum absolute atomic E-state index is 12.5. The first-order valence-corrected chi connectivity index (χ1v) is 7.48. The molecule has 1 fully saturated rings. The molecule has 2 heterocycles. The monoisotopic (exact) mass is 297 g/mol. The van der Waals surface area contributed by atoms with Crippen molar-refractivity contribution < 1.29 is 9.53 Å². The SMILES string of the molecule is Cc1cc(C(=O)N2CCO[C@H](c3ccccc3)CC2)ncn1. The van der Waals surface area contributed by atoms with Crippen LogP contribution in [0.4, 0.5) is 0 Å². The molecule has 1 aromatic carbocycles. The van der Waals surface area contributed by atoms with Crippen LogP contribution in [0.25, 0.3) is 0 Å². The van der Waals surface area contributed by atoms with Crippen molar-refractivity contribution in [3.05, 3.63) is 59.7 Å². The fourth-order valence-corrected chi connectivity index (χ4v) is 2.64. The highest BCUT2D eigenvalue weighted by Crippen LogP contribution is 2.24. The molecule has 5 nitrogen and oxygen atoms in total. The number of ether oxygens (including phenoxy) is 1. The smallest absolute Gasteiger partial charge is 0.272 e. The molecule has 3 rings (SSSR count). The Morgan fingerprint density at radius 1 is 1.23 bits per heavy atom. The van der Waals surface area contributed by atoms with Crippen LogP contribution in [0, 0.1) is 6.92 Å². The summed E-state index contributed by atoms with van der Waals surface area (Å²) in [7, 11) is 0. The van der Waals surface area contributed by atoms with Crippen molar-refractivity contribution in [2.45, 2.75) is 19.4 Å². The second-order valence-electron chi connectivity index (χ2n) is 5.40. The van der Waals surface area contributed by atoms with E-state index in [-0.39, 0.29) is 12.0 Å². The lowest BCUT2D eigenvalue weighted by Crippen LogP contribution is -2.33. The van der Waals surface area contributed by atoms with Gasteiger partial charge in [-0.2, -0.15) is 0 Å². The van der Waals surface area contributed by atoms with E-state index in [1.54, 1.807) is 6.07 Å². The van der Waals surface area contributed by atoms with Crippen LogP contribution in [0.15, 0.2) is 42.7 Å². The standard InChI is InChI=1S/C17H19N3O2/c1-13-11-15(19-12-18-13)17(21)20-8-7-16(22-10-9-20)14-5-3-2-4-6-14/h2-6,11-12,16H,7-10H2,1H3/t16-/m0/s1. The van der Waals surface area contributed by atoms with E-state index in [4.69, 9.17) is 4.74 Å². The van der Waals surface area contributed by atoms with Gasteiger partial charge >= 0.3 is 0 Å². The highest BCUT2D eigenvalue weighted by Gasteiger charge is 2.23. The van der Waals surface area contributed by atoms with E-state index in [1.807, 2.05) is 30.0 Å². The fourth-order valence-electron chi connectivity index (χ4n) is 2.64. The molecule has 1 aliphatic rings. The third-order valence-electron chi connectivity index (χ3n) is 3.82. The Balaban J connectivity index is 1.69. The molecular weight excluding hydrogens is 278 g/mol. The zero-order valence-electron chi connectivity index (χ0n) is 12.6. The number of rotatable bonds is 2. The Bertz CT molecular complexity index is 645. The van der Waals surface area contributed by atoms with Crippen molar-refractivity contribution in [1.82, 2.24) is 14.9 Å². The molecule has 1 amide bonds. The maximum Gasteiger partial charge on any atom is 0.272 e. The highest BCUT2D eigenvalue weighted by molar-refractivity contribution is 5.92. The number of benzene rings is 1. The predicted octanol–water partition coefficient (Wildman–Crippen LogP) is 2.39. The first-order chi connectivity index (χ1) is 10.7. The van der Waals surface area contributed by atoms with Gasteiger partial charge in [-0.1, -0.05) is 30.3 Å². The van der Waals surface area contributed by atoms with Crippen LogP contribution >= 0.6 is 0 Å². The van der Waals surface area contributed by atoms with Gasteiger partial charge in [-0.25, -0.2) is 9.97 Å². The molecule has 0 N–H and O–H groups in total. The summed E-state index contributed by atoms with van der Waals surface area (Å²) in [6.45, 7) is 3.65. The Morgan fingerprint density at radius 2 is 2.05 bits per heavy atom. The lowest BCUT2D eigenvalue weighted by molar-refractivity contribution is 0.0583. The Kier molecular flexibility index (Phi) is 4.44. The minimum Gasteiger partial charge on any atom is -0.372 e. The molecule has 1 saturated heterocycles. The van der Waals surface area contributed by atoms with Crippen molar-refractivity contribution >= 4 is 5.91 Å². The molecule has 0 saturated carbocycles. The Labute approximate surface area is 130 Å². The van der Waals surface area contributed by atoms with Gasteiger partial charge < -0.3 is 9.64 Å². The van der Waals surface area contributed by atoms with Crippen LogP contribution in [0.2, 0.25) is 0 Å². The van der Waals surface area contributed by atoms with E-state index in [1.165, 1.54) is 6.33 Å². The van der Waals surface area contributed by atoms with Crippen molar-refractivity contribution in [2.75, 3.05) is 19.7 Å². The number of hydrogen-bond donors (Lipinski definition) is 0. The molecule has 5 heteroatoms. The summed E-state index contributed by atoms with van der Waals surface area (Å²) in [6.07, 6.45) is 2.27. The molecule has 0 bridgehead atoms. The lowest BCUT2D eigenvalue weighted by Gasteiger charge is -2.19. The molecular formula is C17H19N3O2. The number of carbonyl (C=O) groups excluding carboxylic acids is 1. The maximum atomic E-state index is 12.5. The molecule has 1 aromatic heterocycles. The summed E-state index contributed by atoms with van der Waals surface area (Å²) < 4.78 is 5.90. The number of amides is 1. The van der Waals surface area contributed by atoms with E-state index in [0.717, 1.165) is 17.7 Å². The second-order valence-corrected chi connectivity index (χ2v) is 5.40. The average Bonchev–Trinajstić information content (AvgIpc) is 2.81. The van der Waals surface area contributed by atoms with Gasteiger partial charge in [0.2, 0.25) is 0 Å². The lowest BCUT2D eigenvalue weighted by atomic mass is 10.1. The number of hydrogen-bond acceptors (Lipinski definition) is 4. The first-order valence-electron chi connectivity index (χ1n) is 7.48. The third-order valence-corrected chi connectivity index (χ3v) is 3.82. The first kappa shape index (κ1) is 14.7. The summed E-state index contributed by atoms with van der Waals surface area (Å²) in [4.78, 5) is 22.4. The van der Waals surface area contributed by atoms with Crippen molar-refractivity contribution in [3.8, 4) is 0 Å². The van der Waals surface area contributed by atoms with Crippen LogP contribution in [0.3, 0.4) is 0 Å². The number of nitrogens with zero attached hydrogens (tertiary/aromatic N) is 3. The van der Waals surface area contributed by atoms with Crippen LogP contribution in [-0.4, -0.2) is 40.5 Å². The minimum atomic E-state index is -0.0530. The Hall–Kier alpha value is -2.27. The van der Waals surface area contributed by atoms with E-state index < -0.39 is 0 Å². The molecule has 2 aromatic rings. The number of aryl methyl sites for hydroxylation is 1. The van der Waals surface area contributed by atoms with E-state index in [9.17, 15) is 4.79 Å². The average molecular weight is 297 g/mol. The van der Waals surface area contributed by atoms with E-state index >= 15 is 0 Å². The van der Waals surface area contributed by atoms with Crippen LogP contribution < -0.4 is 0 Å². The topological polar surface area (TPSA) is 55.3 Å². The summed E-state index contributed by atoms with van der Waals surface area (Å²) in [5.74, 6) is -0.0530. The predicted molar refractivity (Wildman–Crippen MR) is 82.4 cm³/mol. The van der Waals surface area contributed by atoms with Gasteiger partial charge in [0, 0.05) is 18.8 Å². The van der Waals surface area contributed by atoms with Gasteiger partial charge in [-0.15, -0.1) is 0 Å². The Morgan fingerprint density at radius 3 is 2.82 bits per heavy atom. The molecule has 22 heavy (non-hydrogen) atoms. The van der Waals surface area contributed by atoms with Gasteiger partial charge in [0.1, 0.15) is 12.0 Å². The van der Waals surface area contributed by atoms with Crippen LogP contribution in [0.1, 0.15) is 34.3 Å². The largest absolute Gasteiger partial charge is 0.372 e. The van der Waals surface area contributed by atoms with Crippen LogP contribution in [-0.2, 0) is 4.74 Å². The summed E-state index contributed by atoms with van der Waals surface area (Å²) >= 11 is 0. The van der Waals surface area contributed by atoms with E-state index in [0.29, 0.717) is 25.4 Å². The third kappa shape index (κ3) is 3.31. The van der Waals surface area contributed by atoms with Crippen LogP contribution in [0.5, 0.6) is 0 Å². The molecule has 0 unspecified atom stereocenters. The van der Waals surface area contributed by atoms with Crippen molar-refractivity contribution in [2.24, 2.45) is 0 Å².